The molecule has 0 fully saturated rings. The van der Waals surface area contributed by atoms with Crippen LogP contribution in [0.15, 0.2) is 53.1 Å². The molecule has 1 N–H and O–H groups in total. The fraction of sp³-hybridized carbons (Fsp3) is 0.250. The number of amides is 1. The third-order valence-corrected chi connectivity index (χ3v) is 3.53. The molecule has 3 nitrogen and oxygen atoms in total. The molecule has 0 aliphatic rings. The van der Waals surface area contributed by atoms with Crippen LogP contribution in [0.25, 0.3) is 0 Å². The maximum Gasteiger partial charge on any atom is 0.270 e. The van der Waals surface area contributed by atoms with Gasteiger partial charge in [0.2, 0.25) is 0 Å². The van der Waals surface area contributed by atoms with Crippen molar-refractivity contribution < 1.29 is 4.79 Å². The molecule has 1 unspecified atom stereocenters. The van der Waals surface area contributed by atoms with Crippen LogP contribution in [-0.2, 0) is 6.42 Å². The van der Waals surface area contributed by atoms with Crippen LogP contribution in [0.1, 0.15) is 29.4 Å². The Kier molecular flexibility index (Phi) is 5.30. The van der Waals surface area contributed by atoms with Crippen LogP contribution in [0.4, 0.5) is 0 Å². The molecular weight excluding hydrogens is 316 g/mol. The second-order valence-electron chi connectivity index (χ2n) is 4.76. The molecule has 0 radical (unpaired) electrons. The Balaban J connectivity index is 1.85. The lowest BCUT2D eigenvalue weighted by Crippen LogP contribution is -2.33. The van der Waals surface area contributed by atoms with E-state index in [0.29, 0.717) is 5.69 Å². The molecule has 0 saturated carbocycles. The van der Waals surface area contributed by atoms with E-state index in [1.165, 1.54) is 5.56 Å². The number of nitrogens with one attached hydrogen (secondary N) is 1. The third kappa shape index (κ3) is 4.46. The van der Waals surface area contributed by atoms with Crippen LogP contribution in [-0.4, -0.2) is 16.9 Å². The average Bonchev–Trinajstić information content (AvgIpc) is 2.46. The lowest BCUT2D eigenvalue weighted by molar-refractivity contribution is 0.0933. The number of carbonyl (C=O) groups is 1. The normalized spacial score (nSPS) is 11.9. The monoisotopic (exact) mass is 332 g/mol. The zero-order chi connectivity index (χ0) is 14.4. The number of aryl methyl sites for hydroxylation is 1. The Morgan fingerprint density at radius 2 is 2.05 bits per heavy atom. The first-order valence-electron chi connectivity index (χ1n) is 6.61. The van der Waals surface area contributed by atoms with Gasteiger partial charge in [-0.05, 0) is 37.5 Å². The molecule has 4 heteroatoms. The summed E-state index contributed by atoms with van der Waals surface area (Å²) in [5, 5.41) is 2.97. The number of halogens is 1. The summed E-state index contributed by atoms with van der Waals surface area (Å²) in [6.07, 6.45) is 3.48. The van der Waals surface area contributed by atoms with E-state index in [1.807, 2.05) is 25.1 Å². The van der Waals surface area contributed by atoms with Gasteiger partial charge in [0.15, 0.2) is 0 Å². The van der Waals surface area contributed by atoms with Gasteiger partial charge in [0.25, 0.3) is 5.91 Å². The number of rotatable bonds is 5. The number of carbonyl (C=O) groups excluding carboxylic acids is 1. The van der Waals surface area contributed by atoms with Crippen molar-refractivity contribution >= 4 is 21.8 Å². The Morgan fingerprint density at radius 3 is 2.75 bits per heavy atom. The molecular formula is C16H17BrN2O. The standard InChI is InChI=1S/C16H17BrN2O/c1-12(7-8-13-5-3-2-4-6-13)19-16(20)15-11-14(17)9-10-18-15/h2-6,9-12H,7-8H2,1H3,(H,19,20). The predicted molar refractivity (Wildman–Crippen MR) is 83.6 cm³/mol. The van der Waals surface area contributed by atoms with Crippen LogP contribution >= 0.6 is 15.9 Å². The second kappa shape index (κ2) is 7.20. The predicted octanol–water partition coefficient (Wildman–Crippen LogP) is 3.60. The molecule has 1 amide bonds. The Morgan fingerprint density at radius 1 is 1.30 bits per heavy atom. The third-order valence-electron chi connectivity index (χ3n) is 3.04. The summed E-state index contributed by atoms with van der Waals surface area (Å²) in [7, 11) is 0. The Hall–Kier alpha value is -1.68. The maximum atomic E-state index is 12.0. The molecule has 0 bridgehead atoms. The zero-order valence-corrected chi connectivity index (χ0v) is 12.9. The minimum atomic E-state index is -0.133. The molecule has 1 aromatic heterocycles. The molecule has 1 heterocycles. The Labute approximate surface area is 127 Å². The molecule has 1 atom stereocenters. The maximum absolute atomic E-state index is 12.0. The van der Waals surface area contributed by atoms with E-state index >= 15 is 0 Å². The van der Waals surface area contributed by atoms with Crippen molar-refractivity contribution in [1.82, 2.24) is 10.3 Å². The van der Waals surface area contributed by atoms with E-state index in [-0.39, 0.29) is 11.9 Å². The van der Waals surface area contributed by atoms with Gasteiger partial charge >= 0.3 is 0 Å². The number of benzene rings is 1. The van der Waals surface area contributed by atoms with Crippen LogP contribution in [0, 0.1) is 0 Å². The molecule has 20 heavy (non-hydrogen) atoms. The van der Waals surface area contributed by atoms with Crippen molar-refractivity contribution in [2.45, 2.75) is 25.8 Å². The fourth-order valence-electron chi connectivity index (χ4n) is 1.93. The van der Waals surface area contributed by atoms with Gasteiger partial charge in [-0.3, -0.25) is 9.78 Å². The van der Waals surface area contributed by atoms with E-state index < -0.39 is 0 Å². The quantitative estimate of drug-likeness (QED) is 0.908. The van der Waals surface area contributed by atoms with Crippen molar-refractivity contribution in [2.75, 3.05) is 0 Å². The van der Waals surface area contributed by atoms with Crippen molar-refractivity contribution in [3.63, 3.8) is 0 Å². The number of hydrogen-bond acceptors (Lipinski definition) is 2. The largest absolute Gasteiger partial charge is 0.348 e. The summed E-state index contributed by atoms with van der Waals surface area (Å²) in [6.45, 7) is 2.01. The van der Waals surface area contributed by atoms with Crippen LogP contribution in [0.2, 0.25) is 0 Å². The summed E-state index contributed by atoms with van der Waals surface area (Å²) in [5.41, 5.74) is 1.72. The van der Waals surface area contributed by atoms with Crippen molar-refractivity contribution in [3.8, 4) is 0 Å². The van der Waals surface area contributed by atoms with Gasteiger partial charge in [0, 0.05) is 16.7 Å². The van der Waals surface area contributed by atoms with Crippen LogP contribution in [0.5, 0.6) is 0 Å². The SMILES string of the molecule is CC(CCc1ccccc1)NC(=O)c1cc(Br)ccn1. The van der Waals surface area contributed by atoms with Crippen molar-refractivity contribution in [2.24, 2.45) is 0 Å². The van der Waals surface area contributed by atoms with Gasteiger partial charge in [-0.25, -0.2) is 0 Å². The minimum absolute atomic E-state index is 0.114. The van der Waals surface area contributed by atoms with Crippen molar-refractivity contribution in [3.05, 3.63) is 64.4 Å². The summed E-state index contributed by atoms with van der Waals surface area (Å²) in [6, 6.07) is 13.9. The highest BCUT2D eigenvalue weighted by atomic mass is 79.9. The molecule has 2 rings (SSSR count). The molecule has 0 saturated heterocycles. The fourth-order valence-corrected chi connectivity index (χ4v) is 2.26. The number of pyridine rings is 1. The molecule has 0 spiro atoms. The molecule has 1 aromatic carbocycles. The number of aromatic nitrogens is 1. The minimum Gasteiger partial charge on any atom is -0.348 e. The highest BCUT2D eigenvalue weighted by Crippen LogP contribution is 2.10. The first kappa shape index (κ1) is 14.7. The second-order valence-corrected chi connectivity index (χ2v) is 5.67. The van der Waals surface area contributed by atoms with Crippen LogP contribution < -0.4 is 5.32 Å². The lowest BCUT2D eigenvalue weighted by atomic mass is 10.1. The van der Waals surface area contributed by atoms with E-state index in [2.05, 4.69) is 38.4 Å². The molecule has 0 aliphatic heterocycles. The highest BCUT2D eigenvalue weighted by molar-refractivity contribution is 9.10. The average molecular weight is 333 g/mol. The Bertz CT molecular complexity index is 572. The molecule has 2 aromatic rings. The van der Waals surface area contributed by atoms with Gasteiger partial charge in [-0.15, -0.1) is 0 Å². The topological polar surface area (TPSA) is 42.0 Å². The van der Waals surface area contributed by atoms with Gasteiger partial charge in [-0.1, -0.05) is 46.3 Å². The summed E-state index contributed by atoms with van der Waals surface area (Å²) < 4.78 is 0.856. The van der Waals surface area contributed by atoms with E-state index in [4.69, 9.17) is 0 Å². The summed E-state index contributed by atoms with van der Waals surface area (Å²) >= 11 is 3.34. The van der Waals surface area contributed by atoms with Crippen molar-refractivity contribution in [1.29, 1.82) is 0 Å². The number of nitrogens with zero attached hydrogens (tertiary/aromatic N) is 1. The van der Waals surface area contributed by atoms with E-state index in [1.54, 1.807) is 18.3 Å². The van der Waals surface area contributed by atoms with Gasteiger partial charge in [0.05, 0.1) is 0 Å². The lowest BCUT2D eigenvalue weighted by Gasteiger charge is -2.13. The van der Waals surface area contributed by atoms with Gasteiger partial charge < -0.3 is 5.32 Å². The van der Waals surface area contributed by atoms with E-state index in [0.717, 1.165) is 17.3 Å². The summed E-state index contributed by atoms with van der Waals surface area (Å²) in [4.78, 5) is 16.1. The highest BCUT2D eigenvalue weighted by Gasteiger charge is 2.11. The number of hydrogen-bond donors (Lipinski definition) is 1. The molecule has 0 aliphatic carbocycles. The smallest absolute Gasteiger partial charge is 0.270 e. The first-order valence-corrected chi connectivity index (χ1v) is 7.41. The van der Waals surface area contributed by atoms with Gasteiger partial charge in [0.1, 0.15) is 5.69 Å². The van der Waals surface area contributed by atoms with Gasteiger partial charge in [-0.2, -0.15) is 0 Å². The van der Waals surface area contributed by atoms with Crippen LogP contribution in [0.3, 0.4) is 0 Å². The van der Waals surface area contributed by atoms with E-state index in [9.17, 15) is 4.79 Å². The first-order chi connectivity index (χ1) is 9.65. The summed E-state index contributed by atoms with van der Waals surface area (Å²) in [5.74, 6) is -0.133. The molecule has 104 valence electrons. The zero-order valence-electron chi connectivity index (χ0n) is 11.3.